The number of ether oxygens (including phenoxy) is 3. The lowest BCUT2D eigenvalue weighted by Gasteiger charge is -2.26. The third-order valence-electron chi connectivity index (χ3n) is 3.57. The zero-order chi connectivity index (χ0) is 23.6. The fourth-order valence-corrected chi connectivity index (χ4v) is 2.60. The molecule has 0 heterocycles. The van der Waals surface area contributed by atoms with E-state index >= 15 is 0 Å². The van der Waals surface area contributed by atoms with E-state index < -0.39 is 22.8 Å². The van der Waals surface area contributed by atoms with Gasteiger partial charge in [0.15, 0.2) is 0 Å². The van der Waals surface area contributed by atoms with Crippen LogP contribution in [-0.4, -0.2) is 77.4 Å². The molecule has 1 aromatic carbocycles. The normalized spacial score (nSPS) is 10.7. The lowest BCUT2D eigenvalue weighted by Crippen LogP contribution is -2.39. The van der Waals surface area contributed by atoms with E-state index in [1.807, 2.05) is 0 Å². The molecule has 1 rings (SSSR count). The molecule has 0 spiro atoms. The van der Waals surface area contributed by atoms with Crippen LogP contribution in [0.25, 0.3) is 0 Å². The molecule has 0 atom stereocenters. The van der Waals surface area contributed by atoms with Crippen LogP contribution in [0.4, 0.5) is 20.1 Å². The average molecular weight is 458 g/mol. The number of amides is 2. The van der Waals surface area contributed by atoms with Crippen molar-refractivity contribution >= 4 is 34.9 Å². The number of nitro benzene ring substituents is 1. The molecule has 0 aliphatic heterocycles. The predicted molar refractivity (Wildman–Crippen MR) is 114 cm³/mol. The van der Waals surface area contributed by atoms with Gasteiger partial charge in [-0.15, -0.1) is 0 Å². The summed E-state index contributed by atoms with van der Waals surface area (Å²) in [4.78, 5) is 48.5. The van der Waals surface area contributed by atoms with Crippen LogP contribution in [0.5, 0.6) is 5.75 Å². The largest absolute Gasteiger partial charge is 0.513 e. The average Bonchev–Trinajstić information content (AvgIpc) is 2.67. The first-order valence-corrected chi connectivity index (χ1v) is 10.3. The Morgan fingerprint density at radius 3 is 2.19 bits per heavy atom. The molecule has 0 saturated carbocycles. The minimum absolute atomic E-state index is 0.0616. The number of thioether (sulfide) groups is 1. The molecule has 0 fully saturated rings. The van der Waals surface area contributed by atoms with Crippen LogP contribution in [0.3, 0.4) is 0 Å². The van der Waals surface area contributed by atoms with Crippen LogP contribution < -0.4 is 4.74 Å². The van der Waals surface area contributed by atoms with E-state index in [2.05, 4.69) is 0 Å². The second-order valence-electron chi connectivity index (χ2n) is 7.39. The highest BCUT2D eigenvalue weighted by atomic mass is 32.2. The number of non-ortho nitro benzene ring substituents is 1. The van der Waals surface area contributed by atoms with Gasteiger partial charge in [-0.05, 0) is 32.9 Å². The second kappa shape index (κ2) is 12.0. The van der Waals surface area contributed by atoms with Gasteiger partial charge in [-0.1, -0.05) is 11.8 Å². The summed E-state index contributed by atoms with van der Waals surface area (Å²) in [6, 6.07) is 4.96. The lowest BCUT2D eigenvalue weighted by atomic mass is 10.2. The zero-order valence-electron chi connectivity index (χ0n) is 18.2. The van der Waals surface area contributed by atoms with Crippen LogP contribution in [-0.2, 0) is 9.47 Å². The molecule has 0 radical (unpaired) electrons. The highest BCUT2D eigenvalue weighted by Crippen LogP contribution is 2.18. The minimum Gasteiger partial charge on any atom is -0.444 e. The minimum atomic E-state index is -0.978. The Bertz CT molecular complexity index is 779. The molecule has 0 aliphatic rings. The van der Waals surface area contributed by atoms with Gasteiger partial charge >= 0.3 is 12.2 Å². The quantitative estimate of drug-likeness (QED) is 0.188. The van der Waals surface area contributed by atoms with Crippen molar-refractivity contribution in [1.82, 2.24) is 9.80 Å². The molecule has 12 heteroatoms. The summed E-state index contributed by atoms with van der Waals surface area (Å²) in [7, 11) is 3.19. The second-order valence-corrected chi connectivity index (χ2v) is 8.44. The number of nitro groups is 1. The van der Waals surface area contributed by atoms with Gasteiger partial charge in [0, 0.05) is 45.1 Å². The zero-order valence-corrected chi connectivity index (χ0v) is 19.0. The van der Waals surface area contributed by atoms with E-state index in [-0.39, 0.29) is 29.0 Å². The molecule has 11 nitrogen and oxygen atoms in total. The number of carbonyl (C=O) groups excluding carboxylic acids is 3. The summed E-state index contributed by atoms with van der Waals surface area (Å²) in [6.45, 7) is 5.87. The van der Waals surface area contributed by atoms with Crippen molar-refractivity contribution in [3.63, 3.8) is 0 Å². The summed E-state index contributed by atoms with van der Waals surface area (Å²) in [5.41, 5.74) is -0.722. The van der Waals surface area contributed by atoms with Crippen molar-refractivity contribution in [3.8, 4) is 5.75 Å². The Kier molecular flexibility index (Phi) is 10.1. The van der Waals surface area contributed by atoms with E-state index in [0.29, 0.717) is 13.1 Å². The number of rotatable bonds is 8. The molecule has 0 saturated heterocycles. The van der Waals surface area contributed by atoms with Gasteiger partial charge in [-0.2, -0.15) is 0 Å². The monoisotopic (exact) mass is 457 g/mol. The fraction of sp³-hybridized carbons (Fsp3) is 0.526. The summed E-state index contributed by atoms with van der Waals surface area (Å²) in [6.07, 6.45) is -1.45. The van der Waals surface area contributed by atoms with E-state index in [9.17, 15) is 24.5 Å². The molecule has 0 aromatic heterocycles. The first kappa shape index (κ1) is 26.0. The molecular formula is C19H27N3O8S. The summed E-state index contributed by atoms with van der Waals surface area (Å²) in [5.74, 6) is 0.314. The smallest absolute Gasteiger partial charge is 0.444 e. The number of hydrogen-bond donors (Lipinski definition) is 0. The van der Waals surface area contributed by atoms with Crippen LogP contribution in [0, 0.1) is 10.1 Å². The Morgan fingerprint density at radius 1 is 1.06 bits per heavy atom. The SMILES string of the molecule is CN(CCN(C)C(=O)SCCOC(=O)Oc1ccc([N+](=O)[O-])cc1)C(=O)OC(C)(C)C. The van der Waals surface area contributed by atoms with Crippen molar-refractivity contribution in [2.45, 2.75) is 26.4 Å². The van der Waals surface area contributed by atoms with Crippen LogP contribution in [0.2, 0.25) is 0 Å². The third-order valence-corrected chi connectivity index (χ3v) is 4.49. The predicted octanol–water partition coefficient (Wildman–Crippen LogP) is 3.76. The Balaban J connectivity index is 2.26. The van der Waals surface area contributed by atoms with Gasteiger partial charge in [0.2, 0.25) is 0 Å². The van der Waals surface area contributed by atoms with Crippen molar-refractivity contribution in [2.24, 2.45) is 0 Å². The van der Waals surface area contributed by atoms with E-state index in [0.717, 1.165) is 11.8 Å². The topological polar surface area (TPSA) is 129 Å². The standard InChI is InChI=1S/C19H27N3O8S/c1-19(2,3)30-16(23)20(4)10-11-21(5)17(24)31-13-12-28-18(25)29-15-8-6-14(7-9-15)22(26)27/h6-9H,10-13H2,1-5H3. The van der Waals surface area contributed by atoms with Gasteiger partial charge in [0.05, 0.1) is 4.92 Å². The molecule has 0 bridgehead atoms. The van der Waals surface area contributed by atoms with Gasteiger partial charge in [-0.3, -0.25) is 14.9 Å². The first-order chi connectivity index (χ1) is 14.4. The highest BCUT2D eigenvalue weighted by molar-refractivity contribution is 8.13. The summed E-state index contributed by atoms with van der Waals surface area (Å²) >= 11 is 0.953. The molecule has 172 valence electrons. The molecule has 2 amide bonds. The summed E-state index contributed by atoms with van der Waals surface area (Å²) in [5, 5.41) is 10.3. The van der Waals surface area contributed by atoms with Crippen LogP contribution >= 0.6 is 11.8 Å². The van der Waals surface area contributed by atoms with Gasteiger partial charge < -0.3 is 24.0 Å². The highest BCUT2D eigenvalue weighted by Gasteiger charge is 2.20. The van der Waals surface area contributed by atoms with Crippen molar-refractivity contribution in [2.75, 3.05) is 39.5 Å². The van der Waals surface area contributed by atoms with Gasteiger partial charge in [-0.25, -0.2) is 9.59 Å². The maximum absolute atomic E-state index is 12.1. The van der Waals surface area contributed by atoms with Crippen molar-refractivity contribution in [3.05, 3.63) is 34.4 Å². The van der Waals surface area contributed by atoms with E-state index in [1.165, 1.54) is 34.1 Å². The number of likely N-dealkylation sites (N-methyl/N-ethyl adjacent to an activating group) is 2. The molecule has 1 aromatic rings. The van der Waals surface area contributed by atoms with E-state index in [1.54, 1.807) is 34.9 Å². The molecule has 31 heavy (non-hydrogen) atoms. The Labute approximate surface area is 184 Å². The van der Waals surface area contributed by atoms with E-state index in [4.69, 9.17) is 14.2 Å². The van der Waals surface area contributed by atoms with Crippen molar-refractivity contribution < 1.29 is 33.5 Å². The number of benzene rings is 1. The molecule has 0 aliphatic carbocycles. The first-order valence-electron chi connectivity index (χ1n) is 9.30. The number of hydrogen-bond acceptors (Lipinski definition) is 9. The van der Waals surface area contributed by atoms with Gasteiger partial charge in [0.25, 0.3) is 10.9 Å². The Morgan fingerprint density at radius 2 is 1.65 bits per heavy atom. The maximum atomic E-state index is 12.1. The molecule has 0 N–H and O–H groups in total. The maximum Gasteiger partial charge on any atom is 0.513 e. The molecule has 0 unspecified atom stereocenters. The Hall–Kier alpha value is -3.02. The number of nitrogens with zero attached hydrogens (tertiary/aromatic N) is 3. The number of carbonyl (C=O) groups is 3. The summed E-state index contributed by atoms with van der Waals surface area (Å²) < 4.78 is 15.0. The van der Waals surface area contributed by atoms with Crippen LogP contribution in [0.15, 0.2) is 24.3 Å². The molecular weight excluding hydrogens is 430 g/mol. The van der Waals surface area contributed by atoms with Crippen LogP contribution in [0.1, 0.15) is 20.8 Å². The van der Waals surface area contributed by atoms with Gasteiger partial charge in [0.1, 0.15) is 18.0 Å². The third kappa shape index (κ3) is 10.5. The fourth-order valence-electron chi connectivity index (χ4n) is 1.95. The lowest BCUT2D eigenvalue weighted by molar-refractivity contribution is -0.384. The van der Waals surface area contributed by atoms with Crippen molar-refractivity contribution in [1.29, 1.82) is 0 Å².